The van der Waals surface area contributed by atoms with Crippen molar-refractivity contribution in [2.24, 2.45) is 0 Å². The number of hydrogen-bond donors (Lipinski definition) is 2. The Kier molecular flexibility index (Phi) is 7.90. The Balaban J connectivity index is 1.55. The van der Waals surface area contributed by atoms with Crippen molar-refractivity contribution >= 4 is 63.5 Å². The van der Waals surface area contributed by atoms with E-state index in [1.165, 1.54) is 34.9 Å². The summed E-state index contributed by atoms with van der Waals surface area (Å²) < 4.78 is 0.483. The maximum atomic E-state index is 12.7. The second-order valence-corrected chi connectivity index (χ2v) is 9.06. The van der Waals surface area contributed by atoms with E-state index < -0.39 is 0 Å². The fraction of sp³-hybridized carbons (Fsp3) is 0.174. The molecule has 1 aliphatic rings. The van der Waals surface area contributed by atoms with E-state index in [-0.39, 0.29) is 29.7 Å². The molecule has 1 fully saturated rings. The van der Waals surface area contributed by atoms with Crippen LogP contribution in [0.5, 0.6) is 5.75 Å². The van der Waals surface area contributed by atoms with Gasteiger partial charge in [0.05, 0.1) is 10.6 Å². The molecule has 2 aromatic rings. The highest BCUT2D eigenvalue weighted by Crippen LogP contribution is 2.32. The molecule has 5 nitrogen and oxygen atoms in total. The fourth-order valence-electron chi connectivity index (χ4n) is 2.97. The minimum atomic E-state index is -0.278. The topological polar surface area (TPSA) is 69.6 Å². The van der Waals surface area contributed by atoms with Crippen molar-refractivity contribution in [2.75, 3.05) is 11.9 Å². The third-order valence-corrected chi connectivity index (χ3v) is 6.06. The number of halogens is 1. The molecule has 0 bridgehead atoms. The average molecular weight is 473 g/mol. The largest absolute Gasteiger partial charge is 0.506 e. The lowest BCUT2D eigenvalue weighted by atomic mass is 10.1. The van der Waals surface area contributed by atoms with Crippen LogP contribution in [0.25, 0.3) is 6.08 Å². The van der Waals surface area contributed by atoms with Gasteiger partial charge in [0, 0.05) is 18.0 Å². The van der Waals surface area contributed by atoms with Gasteiger partial charge in [-0.25, -0.2) is 0 Å². The molecule has 0 spiro atoms. The van der Waals surface area contributed by atoms with Crippen LogP contribution in [0.4, 0.5) is 5.69 Å². The molecule has 0 unspecified atom stereocenters. The molecule has 0 atom stereocenters. The zero-order chi connectivity index (χ0) is 22.4. The van der Waals surface area contributed by atoms with Gasteiger partial charge in [0.25, 0.3) is 5.91 Å². The SMILES string of the molecule is CC(=Cc1ccccc1)C=C1SC(=S)N(CCCC(=O)Nc2cc(Cl)ccc2O)C1=O. The summed E-state index contributed by atoms with van der Waals surface area (Å²) in [7, 11) is 0. The van der Waals surface area contributed by atoms with Crippen LogP contribution in [0.3, 0.4) is 0 Å². The van der Waals surface area contributed by atoms with Crippen molar-refractivity contribution < 1.29 is 14.7 Å². The molecule has 0 aliphatic carbocycles. The molecule has 1 heterocycles. The van der Waals surface area contributed by atoms with Crippen LogP contribution in [0.1, 0.15) is 25.3 Å². The Morgan fingerprint density at radius 3 is 2.74 bits per heavy atom. The number of anilines is 1. The van der Waals surface area contributed by atoms with E-state index in [1.54, 1.807) is 0 Å². The molecule has 0 saturated carbocycles. The first-order valence-corrected chi connectivity index (χ1v) is 11.2. The van der Waals surface area contributed by atoms with Crippen LogP contribution in [0.15, 0.2) is 65.1 Å². The number of benzene rings is 2. The molecule has 31 heavy (non-hydrogen) atoms. The number of phenolic OH excluding ortho intramolecular Hbond substituents is 1. The van der Waals surface area contributed by atoms with Gasteiger partial charge in [-0.05, 0) is 48.8 Å². The van der Waals surface area contributed by atoms with E-state index in [0.717, 1.165) is 11.1 Å². The van der Waals surface area contributed by atoms with Crippen molar-refractivity contribution in [3.05, 3.63) is 75.7 Å². The van der Waals surface area contributed by atoms with Crippen LogP contribution in [0, 0.1) is 0 Å². The molecule has 0 aromatic heterocycles. The summed E-state index contributed by atoms with van der Waals surface area (Å²) in [5.41, 5.74) is 2.27. The number of phenols is 1. The van der Waals surface area contributed by atoms with E-state index in [1.807, 2.05) is 49.4 Å². The molecule has 1 saturated heterocycles. The Hall–Kier alpha value is -2.61. The first kappa shape index (κ1) is 23.1. The van der Waals surface area contributed by atoms with Gasteiger partial charge < -0.3 is 10.4 Å². The second-order valence-electron chi connectivity index (χ2n) is 6.95. The molecule has 2 amide bonds. The van der Waals surface area contributed by atoms with Crippen LogP contribution in [0.2, 0.25) is 5.02 Å². The highest BCUT2D eigenvalue weighted by Gasteiger charge is 2.31. The first-order valence-electron chi connectivity index (χ1n) is 9.60. The number of amides is 2. The van der Waals surface area contributed by atoms with Crippen LogP contribution >= 0.6 is 35.6 Å². The van der Waals surface area contributed by atoms with E-state index >= 15 is 0 Å². The number of carbonyl (C=O) groups is 2. The van der Waals surface area contributed by atoms with Gasteiger partial charge >= 0.3 is 0 Å². The van der Waals surface area contributed by atoms with Gasteiger partial charge in [0.2, 0.25) is 5.91 Å². The fourth-order valence-corrected chi connectivity index (χ4v) is 4.50. The maximum absolute atomic E-state index is 12.7. The highest BCUT2D eigenvalue weighted by atomic mass is 35.5. The number of carbonyl (C=O) groups excluding carboxylic acids is 2. The number of thioether (sulfide) groups is 1. The predicted molar refractivity (Wildman–Crippen MR) is 131 cm³/mol. The average Bonchev–Trinajstić information content (AvgIpc) is 2.98. The minimum absolute atomic E-state index is 0.0567. The van der Waals surface area contributed by atoms with E-state index in [9.17, 15) is 14.7 Å². The van der Waals surface area contributed by atoms with Gasteiger partial charge in [-0.2, -0.15) is 0 Å². The highest BCUT2D eigenvalue weighted by molar-refractivity contribution is 8.26. The Morgan fingerprint density at radius 1 is 1.26 bits per heavy atom. The van der Waals surface area contributed by atoms with Crippen molar-refractivity contribution in [1.29, 1.82) is 0 Å². The van der Waals surface area contributed by atoms with E-state index in [0.29, 0.717) is 27.2 Å². The number of nitrogens with zero attached hydrogens (tertiary/aromatic N) is 1. The zero-order valence-electron chi connectivity index (χ0n) is 16.8. The number of hydrogen-bond acceptors (Lipinski definition) is 5. The molecule has 2 aromatic carbocycles. The van der Waals surface area contributed by atoms with Gasteiger partial charge in [0.15, 0.2) is 0 Å². The first-order chi connectivity index (χ1) is 14.8. The summed E-state index contributed by atoms with van der Waals surface area (Å²) in [4.78, 5) is 27.0. The van der Waals surface area contributed by atoms with Crippen molar-refractivity contribution in [3.8, 4) is 5.75 Å². The number of rotatable bonds is 7. The summed E-state index contributed by atoms with van der Waals surface area (Å²) in [6.07, 6.45) is 4.45. The molecule has 1 aliphatic heterocycles. The minimum Gasteiger partial charge on any atom is -0.506 e. The summed E-state index contributed by atoms with van der Waals surface area (Å²) in [6.45, 7) is 2.29. The van der Waals surface area contributed by atoms with Crippen molar-refractivity contribution in [1.82, 2.24) is 4.90 Å². The number of allylic oxidation sites excluding steroid dienone is 2. The zero-order valence-corrected chi connectivity index (χ0v) is 19.2. The number of thiocarbonyl (C=S) groups is 1. The standard InChI is InChI=1S/C23H21ClN2O3S2/c1-15(12-16-6-3-2-4-7-16)13-20-22(29)26(23(30)31-20)11-5-8-21(28)25-18-14-17(24)9-10-19(18)27/h2-4,6-7,9-10,12-14,27H,5,8,11H2,1H3,(H,25,28). The van der Waals surface area contributed by atoms with Crippen LogP contribution in [-0.2, 0) is 9.59 Å². The van der Waals surface area contributed by atoms with E-state index in [4.69, 9.17) is 23.8 Å². The third kappa shape index (κ3) is 6.43. The van der Waals surface area contributed by atoms with Crippen LogP contribution in [-0.4, -0.2) is 32.7 Å². The Bertz CT molecular complexity index is 1070. The summed E-state index contributed by atoms with van der Waals surface area (Å²) in [6, 6.07) is 14.3. The Morgan fingerprint density at radius 2 is 2.00 bits per heavy atom. The lowest BCUT2D eigenvalue weighted by Crippen LogP contribution is -2.29. The van der Waals surface area contributed by atoms with Gasteiger partial charge in [-0.3, -0.25) is 14.5 Å². The molecule has 0 radical (unpaired) electrons. The van der Waals surface area contributed by atoms with Gasteiger partial charge in [-0.1, -0.05) is 72.0 Å². The molecule has 3 rings (SSSR count). The van der Waals surface area contributed by atoms with Crippen LogP contribution < -0.4 is 5.32 Å². The monoisotopic (exact) mass is 472 g/mol. The van der Waals surface area contributed by atoms with Crippen molar-refractivity contribution in [2.45, 2.75) is 19.8 Å². The summed E-state index contributed by atoms with van der Waals surface area (Å²) in [5.74, 6) is -0.484. The lowest BCUT2D eigenvalue weighted by Gasteiger charge is -2.14. The number of aromatic hydroxyl groups is 1. The van der Waals surface area contributed by atoms with Gasteiger partial charge in [-0.15, -0.1) is 0 Å². The molecular formula is C23H21ClN2O3S2. The molecule has 8 heteroatoms. The molecule has 160 valence electrons. The second kappa shape index (κ2) is 10.6. The van der Waals surface area contributed by atoms with Gasteiger partial charge in [0.1, 0.15) is 10.1 Å². The molecular weight excluding hydrogens is 452 g/mol. The normalized spacial score (nSPS) is 15.6. The Labute approximate surface area is 195 Å². The predicted octanol–water partition coefficient (Wildman–Crippen LogP) is 5.61. The maximum Gasteiger partial charge on any atom is 0.266 e. The van der Waals surface area contributed by atoms with Crippen molar-refractivity contribution in [3.63, 3.8) is 0 Å². The lowest BCUT2D eigenvalue weighted by molar-refractivity contribution is -0.122. The molecule has 2 N–H and O–H groups in total. The smallest absolute Gasteiger partial charge is 0.266 e. The third-order valence-electron chi connectivity index (χ3n) is 4.44. The van der Waals surface area contributed by atoms with E-state index in [2.05, 4.69) is 5.32 Å². The quantitative estimate of drug-likeness (QED) is 0.311. The number of nitrogens with one attached hydrogen (secondary N) is 1. The summed E-state index contributed by atoms with van der Waals surface area (Å²) >= 11 is 12.5. The summed E-state index contributed by atoms with van der Waals surface area (Å²) in [5, 5.41) is 12.8.